The van der Waals surface area contributed by atoms with Gasteiger partial charge >= 0.3 is 0 Å². The summed E-state index contributed by atoms with van der Waals surface area (Å²) in [7, 11) is 0. The van der Waals surface area contributed by atoms with Crippen molar-refractivity contribution in [3.8, 4) is 0 Å². The van der Waals surface area contributed by atoms with Crippen LogP contribution in [0.2, 0.25) is 0 Å². The molecular weight excluding hydrogens is 290 g/mol. The summed E-state index contributed by atoms with van der Waals surface area (Å²) in [5.74, 6) is -1.42. The fourth-order valence-corrected chi connectivity index (χ4v) is 2.17. The fourth-order valence-electron chi connectivity index (χ4n) is 2.17. The Morgan fingerprint density at radius 1 is 1.23 bits per heavy atom. The van der Waals surface area contributed by atoms with Gasteiger partial charge in [0.15, 0.2) is 5.82 Å². The summed E-state index contributed by atoms with van der Waals surface area (Å²) in [5.41, 5.74) is 0.735. The molecule has 1 aliphatic rings. The molecule has 22 heavy (non-hydrogen) atoms. The molecule has 3 rings (SSSR count). The van der Waals surface area contributed by atoms with Crippen molar-refractivity contribution in [3.63, 3.8) is 0 Å². The van der Waals surface area contributed by atoms with E-state index in [1.165, 1.54) is 4.90 Å². The summed E-state index contributed by atoms with van der Waals surface area (Å²) in [4.78, 5) is 9.85. The zero-order valence-electron chi connectivity index (χ0n) is 12.1. The van der Waals surface area contributed by atoms with Crippen molar-refractivity contribution in [2.75, 3.05) is 18.0 Å². The van der Waals surface area contributed by atoms with Crippen LogP contribution in [0.1, 0.15) is 24.5 Å². The van der Waals surface area contributed by atoms with E-state index in [9.17, 15) is 8.78 Å². The Morgan fingerprint density at radius 2 is 1.95 bits per heavy atom. The van der Waals surface area contributed by atoms with Crippen LogP contribution in [0.25, 0.3) is 0 Å². The van der Waals surface area contributed by atoms with E-state index in [1.54, 1.807) is 30.6 Å². The molecule has 1 N–H and O–H groups in total. The molecule has 2 aromatic rings. The molecule has 0 amide bonds. The van der Waals surface area contributed by atoms with Crippen molar-refractivity contribution in [3.05, 3.63) is 42.1 Å². The van der Waals surface area contributed by atoms with E-state index >= 15 is 0 Å². The van der Waals surface area contributed by atoms with E-state index in [0.717, 1.165) is 5.69 Å². The van der Waals surface area contributed by atoms with Gasteiger partial charge in [-0.15, -0.1) is 5.10 Å². The van der Waals surface area contributed by atoms with Gasteiger partial charge in [0.05, 0.1) is 24.8 Å². The number of hydrogen-bond donors (Lipinski definition) is 1. The highest BCUT2D eigenvalue weighted by atomic mass is 19.3. The highest BCUT2D eigenvalue weighted by molar-refractivity contribution is 5.42. The van der Waals surface area contributed by atoms with E-state index in [2.05, 4.69) is 25.5 Å². The van der Waals surface area contributed by atoms with Crippen LogP contribution in [-0.4, -0.2) is 39.2 Å². The molecule has 6 nitrogen and oxygen atoms in total. The molecule has 2 aromatic heterocycles. The zero-order chi connectivity index (χ0) is 15.6. The normalized spacial score (nSPS) is 17.9. The monoisotopic (exact) mass is 306 g/mol. The van der Waals surface area contributed by atoms with Gasteiger partial charge in [0.2, 0.25) is 0 Å². The second kappa shape index (κ2) is 5.88. The van der Waals surface area contributed by atoms with Crippen molar-refractivity contribution in [1.82, 2.24) is 25.5 Å². The molecule has 3 heterocycles. The van der Waals surface area contributed by atoms with Crippen LogP contribution < -0.4 is 10.2 Å². The van der Waals surface area contributed by atoms with E-state index < -0.39 is 5.92 Å². The third-order valence-electron chi connectivity index (χ3n) is 3.44. The minimum atomic E-state index is -2.60. The number of halogens is 2. The minimum absolute atomic E-state index is 0.0169. The van der Waals surface area contributed by atoms with Crippen LogP contribution >= 0.6 is 0 Å². The molecular formula is C14H16F2N6. The largest absolute Gasteiger partial charge is 0.343 e. The number of nitrogens with zero attached hydrogens (tertiary/aromatic N) is 5. The smallest absolute Gasteiger partial charge is 0.282 e. The first-order valence-electron chi connectivity index (χ1n) is 6.99. The van der Waals surface area contributed by atoms with Gasteiger partial charge in [0.1, 0.15) is 5.82 Å². The van der Waals surface area contributed by atoms with E-state index in [4.69, 9.17) is 0 Å². The summed E-state index contributed by atoms with van der Waals surface area (Å²) in [6.45, 7) is 1.88. The predicted octanol–water partition coefficient (Wildman–Crippen LogP) is 1.57. The van der Waals surface area contributed by atoms with Crippen LogP contribution in [0.3, 0.4) is 0 Å². The Kier molecular flexibility index (Phi) is 3.93. The lowest BCUT2D eigenvalue weighted by molar-refractivity contribution is -0.0267. The van der Waals surface area contributed by atoms with Crippen LogP contribution in [0.15, 0.2) is 30.6 Å². The summed E-state index contributed by atoms with van der Waals surface area (Å²) in [5, 5.41) is 11.3. The molecule has 1 atom stereocenters. The molecule has 0 saturated carbocycles. The van der Waals surface area contributed by atoms with E-state index in [1.807, 2.05) is 6.92 Å². The second-order valence-corrected chi connectivity index (χ2v) is 5.30. The average molecular weight is 306 g/mol. The first-order chi connectivity index (χ1) is 10.5. The standard InChI is InChI=1S/C14H16F2N6/c1-10(13-17-5-2-6-18-13)19-7-11-3-4-12(21-20-11)22-8-14(15,16)9-22/h2-6,10,19H,7-9H2,1H3. The van der Waals surface area contributed by atoms with Crippen molar-refractivity contribution in [2.45, 2.75) is 25.4 Å². The van der Waals surface area contributed by atoms with Crippen LogP contribution in [-0.2, 0) is 6.54 Å². The van der Waals surface area contributed by atoms with Gasteiger partial charge in [-0.1, -0.05) is 0 Å². The predicted molar refractivity (Wildman–Crippen MR) is 76.5 cm³/mol. The first-order valence-corrected chi connectivity index (χ1v) is 6.99. The van der Waals surface area contributed by atoms with Gasteiger partial charge in [0, 0.05) is 18.9 Å². The summed E-state index contributed by atoms with van der Waals surface area (Å²) >= 11 is 0. The molecule has 0 aromatic carbocycles. The molecule has 1 unspecified atom stereocenters. The number of alkyl halides is 2. The molecule has 0 spiro atoms. The van der Waals surface area contributed by atoms with Gasteiger partial charge in [-0.3, -0.25) is 0 Å². The quantitative estimate of drug-likeness (QED) is 0.904. The maximum atomic E-state index is 12.8. The Balaban J connectivity index is 1.53. The molecule has 0 aliphatic carbocycles. The minimum Gasteiger partial charge on any atom is -0.343 e. The van der Waals surface area contributed by atoms with Crippen molar-refractivity contribution in [2.24, 2.45) is 0 Å². The summed E-state index contributed by atoms with van der Waals surface area (Å²) in [6.07, 6.45) is 3.38. The lowest BCUT2D eigenvalue weighted by Crippen LogP contribution is -2.56. The summed E-state index contributed by atoms with van der Waals surface area (Å²) in [6, 6.07) is 5.24. The number of anilines is 1. The summed E-state index contributed by atoms with van der Waals surface area (Å²) < 4.78 is 25.6. The van der Waals surface area contributed by atoms with Crippen LogP contribution in [0.4, 0.5) is 14.6 Å². The second-order valence-electron chi connectivity index (χ2n) is 5.30. The van der Waals surface area contributed by atoms with Crippen molar-refractivity contribution in [1.29, 1.82) is 0 Å². The molecule has 8 heteroatoms. The van der Waals surface area contributed by atoms with Gasteiger partial charge in [-0.05, 0) is 25.1 Å². The van der Waals surface area contributed by atoms with Crippen molar-refractivity contribution < 1.29 is 8.78 Å². The highest BCUT2D eigenvalue weighted by Gasteiger charge is 2.44. The Labute approximate surface area is 126 Å². The van der Waals surface area contributed by atoms with Gasteiger partial charge < -0.3 is 10.2 Å². The van der Waals surface area contributed by atoms with E-state index in [-0.39, 0.29) is 19.1 Å². The van der Waals surface area contributed by atoms with Gasteiger partial charge in [-0.25, -0.2) is 18.7 Å². The number of hydrogen-bond acceptors (Lipinski definition) is 6. The van der Waals surface area contributed by atoms with Gasteiger partial charge in [0.25, 0.3) is 5.92 Å². The first kappa shape index (κ1) is 14.7. The molecule has 116 valence electrons. The van der Waals surface area contributed by atoms with E-state index in [0.29, 0.717) is 18.2 Å². The van der Waals surface area contributed by atoms with Gasteiger partial charge in [-0.2, -0.15) is 5.10 Å². The highest BCUT2D eigenvalue weighted by Crippen LogP contribution is 2.30. The Morgan fingerprint density at radius 3 is 2.55 bits per heavy atom. The maximum Gasteiger partial charge on any atom is 0.282 e. The van der Waals surface area contributed by atoms with Crippen LogP contribution in [0, 0.1) is 0 Å². The third-order valence-corrected chi connectivity index (χ3v) is 3.44. The SMILES string of the molecule is CC(NCc1ccc(N2CC(F)(F)C2)nn1)c1ncccn1. The molecule has 0 bridgehead atoms. The topological polar surface area (TPSA) is 66.8 Å². The molecule has 1 aliphatic heterocycles. The molecule has 1 fully saturated rings. The van der Waals surface area contributed by atoms with Crippen LogP contribution in [0.5, 0.6) is 0 Å². The third kappa shape index (κ3) is 3.33. The number of aromatic nitrogens is 4. The molecule has 1 saturated heterocycles. The lowest BCUT2D eigenvalue weighted by Gasteiger charge is -2.39. The Hall–Kier alpha value is -2.22. The lowest BCUT2D eigenvalue weighted by atomic mass is 10.1. The van der Waals surface area contributed by atoms with Crippen molar-refractivity contribution >= 4 is 5.82 Å². The number of rotatable bonds is 5. The average Bonchev–Trinajstić information content (AvgIpc) is 2.51. The number of nitrogens with one attached hydrogen (secondary N) is 1. The zero-order valence-corrected chi connectivity index (χ0v) is 12.1. The fraction of sp³-hybridized carbons (Fsp3) is 0.429. The maximum absolute atomic E-state index is 12.8. The molecule has 0 radical (unpaired) electrons. The Bertz CT molecular complexity index is 611.